The topological polar surface area (TPSA) is 80.0 Å². The molecule has 1 aliphatic heterocycles. The Hall–Kier alpha value is -2.37. The minimum absolute atomic E-state index is 0.590. The molecular weight excluding hydrogens is 276 g/mol. The first-order valence-corrected chi connectivity index (χ1v) is 7.80. The van der Waals surface area contributed by atoms with Gasteiger partial charge in [-0.15, -0.1) is 0 Å². The van der Waals surface area contributed by atoms with Crippen molar-refractivity contribution in [2.24, 2.45) is 0 Å². The van der Waals surface area contributed by atoms with Crippen LogP contribution in [-0.4, -0.2) is 28.0 Å². The van der Waals surface area contributed by atoms with Crippen LogP contribution >= 0.6 is 0 Å². The molecule has 0 amide bonds. The lowest BCUT2D eigenvalue weighted by Crippen LogP contribution is -2.26. The summed E-state index contributed by atoms with van der Waals surface area (Å²) in [6.07, 6.45) is 6.49. The SMILES string of the molecule is Cc1cccc(Nc2ncnc(N3CCCCCC3)c2N)n1. The Balaban J connectivity index is 1.85. The van der Waals surface area contributed by atoms with Crippen LogP contribution in [0.5, 0.6) is 0 Å². The summed E-state index contributed by atoms with van der Waals surface area (Å²) in [4.78, 5) is 15.3. The molecule has 0 unspecified atom stereocenters. The molecule has 0 radical (unpaired) electrons. The van der Waals surface area contributed by atoms with Crippen LogP contribution in [0.3, 0.4) is 0 Å². The van der Waals surface area contributed by atoms with Crippen molar-refractivity contribution in [2.75, 3.05) is 29.0 Å². The molecule has 0 aliphatic carbocycles. The van der Waals surface area contributed by atoms with E-state index in [9.17, 15) is 0 Å². The van der Waals surface area contributed by atoms with Gasteiger partial charge in [0.25, 0.3) is 0 Å². The van der Waals surface area contributed by atoms with E-state index in [1.807, 2.05) is 25.1 Å². The van der Waals surface area contributed by atoms with Crippen molar-refractivity contribution in [3.8, 4) is 0 Å². The van der Waals surface area contributed by atoms with Crippen molar-refractivity contribution in [1.82, 2.24) is 15.0 Å². The second kappa shape index (κ2) is 6.60. The van der Waals surface area contributed by atoms with Crippen molar-refractivity contribution in [1.29, 1.82) is 0 Å². The maximum atomic E-state index is 6.29. The molecule has 3 rings (SSSR count). The quantitative estimate of drug-likeness (QED) is 0.907. The van der Waals surface area contributed by atoms with Crippen LogP contribution in [0.15, 0.2) is 24.5 Å². The third-order valence-electron chi connectivity index (χ3n) is 3.90. The van der Waals surface area contributed by atoms with Crippen LogP contribution < -0.4 is 16.0 Å². The molecule has 1 aliphatic rings. The van der Waals surface area contributed by atoms with Crippen LogP contribution in [-0.2, 0) is 0 Å². The summed E-state index contributed by atoms with van der Waals surface area (Å²) in [5, 5.41) is 3.19. The van der Waals surface area contributed by atoms with Gasteiger partial charge in [-0.2, -0.15) is 0 Å². The zero-order chi connectivity index (χ0) is 15.4. The Kier molecular flexibility index (Phi) is 4.37. The number of anilines is 4. The minimum atomic E-state index is 0.590. The van der Waals surface area contributed by atoms with Crippen molar-refractivity contribution in [3.63, 3.8) is 0 Å². The van der Waals surface area contributed by atoms with E-state index in [4.69, 9.17) is 5.73 Å². The highest BCUT2D eigenvalue weighted by molar-refractivity contribution is 5.77. The number of hydrogen-bond donors (Lipinski definition) is 2. The predicted molar refractivity (Wildman–Crippen MR) is 89.4 cm³/mol. The molecule has 22 heavy (non-hydrogen) atoms. The maximum Gasteiger partial charge on any atom is 0.160 e. The van der Waals surface area contributed by atoms with Crippen LogP contribution in [0.2, 0.25) is 0 Å². The molecule has 0 spiro atoms. The lowest BCUT2D eigenvalue weighted by atomic mass is 10.2. The standard InChI is InChI=1S/C16H22N6/c1-12-7-6-8-13(20-12)21-15-14(17)16(19-11-18-15)22-9-4-2-3-5-10-22/h6-8,11H,2-5,9-10,17H2,1H3,(H,18,19,20,21). The molecular formula is C16H22N6. The minimum Gasteiger partial charge on any atom is -0.393 e. The number of aryl methyl sites for hydroxylation is 1. The number of hydrogen-bond acceptors (Lipinski definition) is 6. The van der Waals surface area contributed by atoms with Gasteiger partial charge in [0.15, 0.2) is 11.6 Å². The van der Waals surface area contributed by atoms with E-state index in [1.54, 1.807) is 6.33 Å². The first-order valence-electron chi connectivity index (χ1n) is 7.80. The molecule has 0 aromatic carbocycles. The average Bonchev–Trinajstić information content (AvgIpc) is 2.79. The lowest BCUT2D eigenvalue weighted by molar-refractivity contribution is 0.726. The Morgan fingerprint density at radius 2 is 1.86 bits per heavy atom. The van der Waals surface area contributed by atoms with Gasteiger partial charge >= 0.3 is 0 Å². The zero-order valence-electron chi connectivity index (χ0n) is 12.9. The van der Waals surface area contributed by atoms with E-state index in [0.29, 0.717) is 11.5 Å². The monoisotopic (exact) mass is 298 g/mol. The number of pyridine rings is 1. The summed E-state index contributed by atoms with van der Waals surface area (Å²) >= 11 is 0. The van der Waals surface area contributed by atoms with E-state index in [2.05, 4.69) is 25.2 Å². The smallest absolute Gasteiger partial charge is 0.160 e. The summed E-state index contributed by atoms with van der Waals surface area (Å²) in [6.45, 7) is 3.96. The molecule has 0 saturated carbocycles. The summed E-state index contributed by atoms with van der Waals surface area (Å²) in [5.41, 5.74) is 7.83. The van der Waals surface area contributed by atoms with E-state index in [0.717, 1.165) is 30.4 Å². The number of nitrogens with two attached hydrogens (primary N) is 1. The predicted octanol–water partition coefficient (Wildman–Crippen LogP) is 2.89. The van der Waals surface area contributed by atoms with Gasteiger partial charge in [0.2, 0.25) is 0 Å². The lowest BCUT2D eigenvalue weighted by Gasteiger charge is -2.23. The number of aromatic nitrogens is 3. The van der Waals surface area contributed by atoms with Gasteiger partial charge in [-0.25, -0.2) is 15.0 Å². The third kappa shape index (κ3) is 3.27. The Bertz CT molecular complexity index is 634. The zero-order valence-corrected chi connectivity index (χ0v) is 12.9. The highest BCUT2D eigenvalue weighted by Gasteiger charge is 2.16. The molecule has 0 bridgehead atoms. The molecule has 1 fully saturated rings. The maximum absolute atomic E-state index is 6.29. The van der Waals surface area contributed by atoms with Crippen LogP contribution in [0.1, 0.15) is 31.4 Å². The number of nitrogens with one attached hydrogen (secondary N) is 1. The Labute approximate surface area is 130 Å². The van der Waals surface area contributed by atoms with Crippen LogP contribution in [0.4, 0.5) is 23.1 Å². The normalized spacial score (nSPS) is 15.4. The molecule has 2 aromatic rings. The largest absolute Gasteiger partial charge is 0.393 e. The third-order valence-corrected chi connectivity index (χ3v) is 3.90. The molecule has 6 nitrogen and oxygen atoms in total. The molecule has 116 valence electrons. The van der Waals surface area contributed by atoms with Crippen molar-refractivity contribution in [3.05, 3.63) is 30.2 Å². The second-order valence-electron chi connectivity index (χ2n) is 5.65. The van der Waals surface area contributed by atoms with E-state index in [1.165, 1.54) is 25.7 Å². The van der Waals surface area contributed by atoms with E-state index < -0.39 is 0 Å². The number of nitrogen functional groups attached to an aromatic ring is 1. The van der Waals surface area contributed by atoms with Crippen LogP contribution in [0.25, 0.3) is 0 Å². The summed E-state index contributed by atoms with van der Waals surface area (Å²) in [7, 11) is 0. The number of nitrogens with zero attached hydrogens (tertiary/aromatic N) is 4. The van der Waals surface area contributed by atoms with Crippen molar-refractivity contribution in [2.45, 2.75) is 32.6 Å². The first kappa shape index (κ1) is 14.6. The van der Waals surface area contributed by atoms with Gasteiger partial charge in [-0.05, 0) is 31.9 Å². The van der Waals surface area contributed by atoms with Gasteiger partial charge < -0.3 is 16.0 Å². The molecule has 1 saturated heterocycles. The molecule has 3 heterocycles. The first-order chi connectivity index (χ1) is 10.7. The molecule has 0 atom stereocenters. The molecule has 3 N–H and O–H groups in total. The van der Waals surface area contributed by atoms with E-state index >= 15 is 0 Å². The summed E-state index contributed by atoms with van der Waals surface area (Å²) < 4.78 is 0. The highest BCUT2D eigenvalue weighted by atomic mass is 15.2. The van der Waals surface area contributed by atoms with E-state index in [-0.39, 0.29) is 0 Å². The Morgan fingerprint density at radius 1 is 1.09 bits per heavy atom. The Morgan fingerprint density at radius 3 is 2.59 bits per heavy atom. The van der Waals surface area contributed by atoms with Crippen LogP contribution in [0, 0.1) is 6.92 Å². The summed E-state index contributed by atoms with van der Waals surface area (Å²) in [6, 6.07) is 5.81. The van der Waals surface area contributed by atoms with Crippen molar-refractivity contribution >= 4 is 23.1 Å². The fourth-order valence-electron chi connectivity index (χ4n) is 2.75. The van der Waals surface area contributed by atoms with Crippen molar-refractivity contribution < 1.29 is 0 Å². The van der Waals surface area contributed by atoms with Gasteiger partial charge in [0.05, 0.1) is 0 Å². The fraction of sp³-hybridized carbons (Fsp3) is 0.438. The van der Waals surface area contributed by atoms with Gasteiger partial charge in [0, 0.05) is 18.8 Å². The molecule has 2 aromatic heterocycles. The fourth-order valence-corrected chi connectivity index (χ4v) is 2.75. The highest BCUT2D eigenvalue weighted by Crippen LogP contribution is 2.29. The second-order valence-corrected chi connectivity index (χ2v) is 5.65. The van der Waals surface area contributed by atoms with Gasteiger partial charge in [0.1, 0.15) is 17.8 Å². The van der Waals surface area contributed by atoms with Gasteiger partial charge in [-0.3, -0.25) is 0 Å². The average molecular weight is 298 g/mol. The molecule has 6 heteroatoms. The number of rotatable bonds is 3. The summed E-state index contributed by atoms with van der Waals surface area (Å²) in [5.74, 6) is 2.19. The van der Waals surface area contributed by atoms with Gasteiger partial charge in [-0.1, -0.05) is 18.9 Å².